The second kappa shape index (κ2) is 13.0. The van der Waals surface area contributed by atoms with Crippen LogP contribution in [0.25, 0.3) is 0 Å². The second-order valence-corrected chi connectivity index (χ2v) is 9.77. The van der Waals surface area contributed by atoms with Gasteiger partial charge in [0.05, 0.1) is 0 Å². The van der Waals surface area contributed by atoms with Crippen LogP contribution in [-0.4, -0.2) is 117 Å². The van der Waals surface area contributed by atoms with Crippen molar-refractivity contribution in [2.45, 2.75) is 52.2 Å². The fourth-order valence-corrected chi connectivity index (χ4v) is 4.16. The Balaban J connectivity index is 0.00000480. The van der Waals surface area contributed by atoms with Crippen LogP contribution >= 0.6 is 24.0 Å². The lowest BCUT2D eigenvalue weighted by Crippen LogP contribution is -2.56. The SMILES string of the molecule is CCN(CC1CCN(C(=NC)NCC2CN(C)CCN2C)CC1)C(=O)OC(C)(C)C.I. The Labute approximate surface area is 206 Å². The molecule has 1 unspecified atom stereocenters. The predicted octanol–water partition coefficient (Wildman–Crippen LogP) is 2.39. The van der Waals surface area contributed by atoms with Crippen molar-refractivity contribution >= 4 is 36.0 Å². The number of carbonyl (C=O) groups excluding carboxylic acids is 1. The highest BCUT2D eigenvalue weighted by Gasteiger charge is 2.28. The summed E-state index contributed by atoms with van der Waals surface area (Å²) in [6.45, 7) is 15.4. The first-order valence-electron chi connectivity index (χ1n) is 11.4. The Hall–Kier alpha value is -0.810. The molecule has 1 N–H and O–H groups in total. The highest BCUT2D eigenvalue weighted by molar-refractivity contribution is 14.0. The number of guanidine groups is 1. The molecule has 2 fully saturated rings. The molecule has 0 aliphatic carbocycles. The number of likely N-dealkylation sites (N-methyl/N-ethyl adjacent to an activating group) is 2. The molecule has 1 amide bonds. The molecule has 1 atom stereocenters. The molecule has 0 aromatic carbocycles. The van der Waals surface area contributed by atoms with E-state index in [2.05, 4.69) is 39.1 Å². The molecule has 8 nitrogen and oxygen atoms in total. The first-order chi connectivity index (χ1) is 14.1. The monoisotopic (exact) mass is 552 g/mol. The van der Waals surface area contributed by atoms with E-state index in [0.717, 1.165) is 64.6 Å². The number of nitrogens with one attached hydrogen (secondary N) is 1. The van der Waals surface area contributed by atoms with E-state index >= 15 is 0 Å². The normalized spacial score (nSPS) is 22.1. The predicted molar refractivity (Wildman–Crippen MR) is 138 cm³/mol. The maximum atomic E-state index is 12.4. The van der Waals surface area contributed by atoms with E-state index in [-0.39, 0.29) is 30.1 Å². The van der Waals surface area contributed by atoms with Crippen molar-refractivity contribution in [2.75, 3.05) is 73.5 Å². The summed E-state index contributed by atoms with van der Waals surface area (Å²) in [5.74, 6) is 1.50. The van der Waals surface area contributed by atoms with E-state index in [1.165, 1.54) is 0 Å². The zero-order valence-electron chi connectivity index (χ0n) is 20.7. The molecule has 2 heterocycles. The van der Waals surface area contributed by atoms with Crippen molar-refractivity contribution in [2.24, 2.45) is 10.9 Å². The third kappa shape index (κ3) is 9.29. The van der Waals surface area contributed by atoms with Gasteiger partial charge < -0.3 is 24.8 Å². The summed E-state index contributed by atoms with van der Waals surface area (Å²) in [5.41, 5.74) is -0.451. The van der Waals surface area contributed by atoms with Crippen molar-refractivity contribution in [3.63, 3.8) is 0 Å². The fraction of sp³-hybridized carbons (Fsp3) is 0.909. The largest absolute Gasteiger partial charge is 0.444 e. The van der Waals surface area contributed by atoms with Gasteiger partial charge in [-0.15, -0.1) is 24.0 Å². The number of ether oxygens (including phenoxy) is 1. The number of nitrogens with zero attached hydrogens (tertiary/aromatic N) is 5. The maximum Gasteiger partial charge on any atom is 0.410 e. The number of rotatable bonds is 5. The Morgan fingerprint density at radius 1 is 1.16 bits per heavy atom. The molecule has 0 aromatic rings. The first kappa shape index (κ1) is 28.2. The lowest BCUT2D eigenvalue weighted by molar-refractivity contribution is 0.0214. The van der Waals surface area contributed by atoms with Crippen LogP contribution in [-0.2, 0) is 4.74 Å². The van der Waals surface area contributed by atoms with Gasteiger partial charge in [-0.05, 0) is 60.5 Å². The summed E-state index contributed by atoms with van der Waals surface area (Å²) >= 11 is 0. The van der Waals surface area contributed by atoms with Crippen LogP contribution in [0.3, 0.4) is 0 Å². The van der Waals surface area contributed by atoms with E-state index in [1.807, 2.05) is 39.6 Å². The fourth-order valence-electron chi connectivity index (χ4n) is 4.16. The molecule has 182 valence electrons. The molecule has 31 heavy (non-hydrogen) atoms. The number of hydrogen-bond donors (Lipinski definition) is 1. The van der Waals surface area contributed by atoms with Gasteiger partial charge in [0.1, 0.15) is 5.60 Å². The Morgan fingerprint density at radius 3 is 2.35 bits per heavy atom. The summed E-state index contributed by atoms with van der Waals surface area (Å²) in [4.78, 5) is 26.0. The van der Waals surface area contributed by atoms with Gasteiger partial charge in [-0.1, -0.05) is 0 Å². The van der Waals surface area contributed by atoms with Crippen LogP contribution in [0.5, 0.6) is 0 Å². The number of likely N-dealkylation sites (tertiary alicyclic amines) is 1. The second-order valence-electron chi connectivity index (χ2n) is 9.77. The smallest absolute Gasteiger partial charge is 0.410 e. The molecule has 0 saturated carbocycles. The Morgan fingerprint density at radius 2 is 1.81 bits per heavy atom. The van der Waals surface area contributed by atoms with Crippen molar-refractivity contribution < 1.29 is 9.53 Å². The minimum atomic E-state index is -0.451. The molecule has 0 bridgehead atoms. The van der Waals surface area contributed by atoms with Crippen LogP contribution in [0.1, 0.15) is 40.5 Å². The number of halogens is 1. The van der Waals surface area contributed by atoms with Gasteiger partial charge in [0.2, 0.25) is 0 Å². The Bertz CT molecular complexity index is 575. The molecular formula is C22H45IN6O2. The number of hydrogen-bond acceptors (Lipinski definition) is 5. The molecule has 2 saturated heterocycles. The third-order valence-corrected chi connectivity index (χ3v) is 6.11. The summed E-state index contributed by atoms with van der Waals surface area (Å²) in [6.07, 6.45) is 1.92. The van der Waals surface area contributed by atoms with Crippen molar-refractivity contribution in [1.29, 1.82) is 0 Å². The average Bonchev–Trinajstić information content (AvgIpc) is 2.68. The van der Waals surface area contributed by atoms with Crippen LogP contribution < -0.4 is 5.32 Å². The summed E-state index contributed by atoms with van der Waals surface area (Å²) in [5, 5.41) is 3.59. The summed E-state index contributed by atoms with van der Waals surface area (Å²) in [6, 6.07) is 0.505. The van der Waals surface area contributed by atoms with Crippen LogP contribution in [0, 0.1) is 5.92 Å². The molecule has 0 spiro atoms. The van der Waals surface area contributed by atoms with Crippen molar-refractivity contribution in [3.8, 4) is 0 Å². The topological polar surface area (TPSA) is 63.7 Å². The average molecular weight is 553 g/mol. The molecule has 0 radical (unpaired) electrons. The Kier molecular flexibility index (Phi) is 11.9. The van der Waals surface area contributed by atoms with E-state index in [4.69, 9.17) is 4.74 Å². The minimum Gasteiger partial charge on any atom is -0.444 e. The number of piperazine rings is 1. The van der Waals surface area contributed by atoms with E-state index in [9.17, 15) is 4.79 Å². The number of amides is 1. The first-order valence-corrected chi connectivity index (χ1v) is 11.4. The van der Waals surface area contributed by atoms with Gasteiger partial charge >= 0.3 is 6.09 Å². The maximum absolute atomic E-state index is 12.4. The van der Waals surface area contributed by atoms with E-state index < -0.39 is 5.60 Å². The molecule has 9 heteroatoms. The summed E-state index contributed by atoms with van der Waals surface area (Å²) in [7, 11) is 6.26. The van der Waals surface area contributed by atoms with Gasteiger partial charge in [0.25, 0.3) is 0 Å². The minimum absolute atomic E-state index is 0. The lowest BCUT2D eigenvalue weighted by atomic mass is 9.96. The van der Waals surface area contributed by atoms with E-state index in [0.29, 0.717) is 18.5 Å². The van der Waals surface area contributed by atoms with Gasteiger partial charge in [-0.3, -0.25) is 9.89 Å². The van der Waals surface area contributed by atoms with Crippen molar-refractivity contribution in [1.82, 2.24) is 24.9 Å². The van der Waals surface area contributed by atoms with Gasteiger partial charge in [0.15, 0.2) is 5.96 Å². The zero-order chi connectivity index (χ0) is 22.3. The molecule has 2 aliphatic rings. The zero-order valence-corrected chi connectivity index (χ0v) is 23.0. The third-order valence-electron chi connectivity index (χ3n) is 6.11. The van der Waals surface area contributed by atoms with Crippen LogP contribution in [0.4, 0.5) is 4.79 Å². The number of carbonyl (C=O) groups is 1. The van der Waals surface area contributed by atoms with Crippen LogP contribution in [0.15, 0.2) is 4.99 Å². The number of aliphatic imine (C=N–C) groups is 1. The van der Waals surface area contributed by atoms with Gasteiger partial charge in [0, 0.05) is 65.4 Å². The number of piperidine rings is 1. The molecular weight excluding hydrogens is 507 g/mol. The highest BCUT2D eigenvalue weighted by Crippen LogP contribution is 2.20. The molecule has 0 aromatic heterocycles. The quantitative estimate of drug-likeness (QED) is 0.321. The van der Waals surface area contributed by atoms with Crippen molar-refractivity contribution in [3.05, 3.63) is 0 Å². The standard InChI is InChI=1S/C22H44N6O2.HI/c1-8-27(21(29)30-22(2,3)4)16-18-9-11-28(12-10-18)20(23-5)24-15-19-17-25(6)13-14-26(19)7;/h18-19H,8-17H2,1-7H3,(H,23,24);1H. The summed E-state index contributed by atoms with van der Waals surface area (Å²) < 4.78 is 5.55. The molecule has 2 rings (SSSR count). The highest BCUT2D eigenvalue weighted by atomic mass is 127. The van der Waals surface area contributed by atoms with Crippen LogP contribution in [0.2, 0.25) is 0 Å². The van der Waals surface area contributed by atoms with Gasteiger partial charge in [-0.2, -0.15) is 0 Å². The lowest BCUT2D eigenvalue weighted by Gasteiger charge is -2.39. The van der Waals surface area contributed by atoms with E-state index in [1.54, 1.807) is 0 Å². The molecule has 2 aliphatic heterocycles. The van der Waals surface area contributed by atoms with Gasteiger partial charge in [-0.25, -0.2) is 4.79 Å².